The molecule has 2 rings (SSSR count). The van der Waals surface area contributed by atoms with Gasteiger partial charge in [0.1, 0.15) is 0 Å². The number of carbonyl (C=O) groups is 3. The van der Waals surface area contributed by atoms with Crippen molar-refractivity contribution in [2.75, 3.05) is 0 Å². The predicted molar refractivity (Wildman–Crippen MR) is 97.1 cm³/mol. The van der Waals surface area contributed by atoms with Crippen LogP contribution in [-0.4, -0.2) is 28.5 Å². The van der Waals surface area contributed by atoms with Crippen LogP contribution in [0.5, 0.6) is 0 Å². The molecule has 0 atom stereocenters. The zero-order valence-electron chi connectivity index (χ0n) is 12.7. The van der Waals surface area contributed by atoms with E-state index >= 15 is 0 Å². The van der Waals surface area contributed by atoms with Gasteiger partial charge in [-0.1, -0.05) is 27.5 Å². The minimum absolute atomic E-state index is 0.303. The molecule has 128 valence electrons. The molecule has 0 bridgehead atoms. The highest BCUT2D eigenvalue weighted by atomic mass is 79.9. The molecule has 0 aliphatic carbocycles. The van der Waals surface area contributed by atoms with Crippen molar-refractivity contribution in [3.63, 3.8) is 0 Å². The van der Waals surface area contributed by atoms with Gasteiger partial charge in [0.2, 0.25) is 0 Å². The van der Waals surface area contributed by atoms with Gasteiger partial charge < -0.3 is 5.11 Å². The minimum Gasteiger partial charge on any atom is -0.477 e. The van der Waals surface area contributed by atoms with Crippen LogP contribution in [0, 0.1) is 0 Å². The molecule has 0 aliphatic rings. The molecule has 0 saturated heterocycles. The van der Waals surface area contributed by atoms with E-state index in [4.69, 9.17) is 11.6 Å². The molecule has 0 aromatic heterocycles. The van der Waals surface area contributed by atoms with E-state index in [0.717, 1.165) is 4.47 Å². The van der Waals surface area contributed by atoms with Gasteiger partial charge in [-0.25, -0.2) is 10.2 Å². The normalized spacial score (nSPS) is 11.0. The van der Waals surface area contributed by atoms with Crippen molar-refractivity contribution in [2.45, 2.75) is 6.42 Å². The molecule has 8 heteroatoms. The summed E-state index contributed by atoms with van der Waals surface area (Å²) in [5.41, 5.74) is 2.29. The van der Waals surface area contributed by atoms with Crippen molar-refractivity contribution < 1.29 is 19.5 Å². The standard InChI is InChI=1S/C17H12BrClN2O4/c18-12-5-1-11(2-6-12)16(23)21-20-14(17(24)25)9-15(22)10-3-7-13(19)8-4-10/h1-8H,9H2,(H,21,23)(H,24,25). The zero-order valence-corrected chi connectivity index (χ0v) is 15.0. The number of hydrogen-bond acceptors (Lipinski definition) is 4. The molecule has 2 N–H and O–H groups in total. The topological polar surface area (TPSA) is 95.8 Å². The van der Waals surface area contributed by atoms with Crippen LogP contribution in [0.25, 0.3) is 0 Å². The Kier molecular flexibility index (Phi) is 6.44. The largest absolute Gasteiger partial charge is 0.477 e. The summed E-state index contributed by atoms with van der Waals surface area (Å²) in [5.74, 6) is -2.42. The molecular weight excluding hydrogens is 412 g/mol. The highest BCUT2D eigenvalue weighted by Gasteiger charge is 2.17. The van der Waals surface area contributed by atoms with Crippen LogP contribution >= 0.6 is 27.5 Å². The summed E-state index contributed by atoms with van der Waals surface area (Å²) in [6.45, 7) is 0. The van der Waals surface area contributed by atoms with E-state index in [1.807, 2.05) is 0 Å². The lowest BCUT2D eigenvalue weighted by molar-refractivity contribution is -0.129. The molecule has 6 nitrogen and oxygen atoms in total. The fourth-order valence-corrected chi connectivity index (χ4v) is 2.23. The molecule has 0 spiro atoms. The second-order valence-electron chi connectivity index (χ2n) is 4.92. The highest BCUT2D eigenvalue weighted by Crippen LogP contribution is 2.12. The van der Waals surface area contributed by atoms with Gasteiger partial charge in [0.05, 0.1) is 6.42 Å². The van der Waals surface area contributed by atoms with Crippen molar-refractivity contribution >= 4 is 50.9 Å². The molecule has 0 heterocycles. The Morgan fingerprint density at radius 1 is 1.00 bits per heavy atom. The van der Waals surface area contributed by atoms with E-state index in [-0.39, 0.29) is 0 Å². The van der Waals surface area contributed by atoms with Crippen LogP contribution in [0.4, 0.5) is 0 Å². The Bertz CT molecular complexity index is 833. The number of hydrogen-bond donors (Lipinski definition) is 2. The number of benzene rings is 2. The molecule has 2 aromatic carbocycles. The summed E-state index contributed by atoms with van der Waals surface area (Å²) in [6, 6.07) is 12.5. The number of aliphatic carboxylic acids is 1. The second-order valence-corrected chi connectivity index (χ2v) is 6.27. The van der Waals surface area contributed by atoms with Crippen molar-refractivity contribution in [3.8, 4) is 0 Å². The van der Waals surface area contributed by atoms with Crippen LogP contribution in [0.15, 0.2) is 58.1 Å². The molecule has 0 aliphatic heterocycles. The Morgan fingerprint density at radius 3 is 2.12 bits per heavy atom. The lowest BCUT2D eigenvalue weighted by Gasteiger charge is -2.04. The van der Waals surface area contributed by atoms with E-state index in [0.29, 0.717) is 16.1 Å². The van der Waals surface area contributed by atoms with Crippen LogP contribution in [-0.2, 0) is 4.79 Å². The lowest BCUT2D eigenvalue weighted by Crippen LogP contribution is -2.25. The molecule has 1 amide bonds. The van der Waals surface area contributed by atoms with Crippen molar-refractivity contribution in [2.24, 2.45) is 5.10 Å². The Hall–Kier alpha value is -2.51. The van der Waals surface area contributed by atoms with E-state index in [9.17, 15) is 19.5 Å². The predicted octanol–water partition coefficient (Wildman–Crippen LogP) is 3.55. The molecule has 0 fully saturated rings. The van der Waals surface area contributed by atoms with Gasteiger partial charge in [-0.05, 0) is 48.5 Å². The first-order valence-electron chi connectivity index (χ1n) is 7.01. The van der Waals surface area contributed by atoms with Gasteiger partial charge in [0.15, 0.2) is 11.5 Å². The first-order valence-corrected chi connectivity index (χ1v) is 8.18. The van der Waals surface area contributed by atoms with Gasteiger partial charge >= 0.3 is 5.97 Å². The third-order valence-electron chi connectivity index (χ3n) is 3.14. The highest BCUT2D eigenvalue weighted by molar-refractivity contribution is 9.10. The van der Waals surface area contributed by atoms with Crippen LogP contribution in [0.3, 0.4) is 0 Å². The Morgan fingerprint density at radius 2 is 1.56 bits per heavy atom. The number of ketones is 1. The van der Waals surface area contributed by atoms with Gasteiger partial charge in [0.25, 0.3) is 5.91 Å². The Labute approximate surface area is 156 Å². The summed E-state index contributed by atoms with van der Waals surface area (Å²) in [6.07, 6.45) is -0.461. The summed E-state index contributed by atoms with van der Waals surface area (Å²) in [4.78, 5) is 35.3. The maximum absolute atomic E-state index is 12.1. The maximum Gasteiger partial charge on any atom is 0.352 e. The number of nitrogens with zero attached hydrogens (tertiary/aromatic N) is 1. The molecular formula is C17H12BrClN2O4. The Balaban J connectivity index is 2.09. The molecule has 0 saturated carbocycles. The number of halogens is 2. The van der Waals surface area contributed by atoms with Gasteiger partial charge in [0, 0.05) is 20.6 Å². The average molecular weight is 424 g/mol. The number of carbonyl (C=O) groups excluding carboxylic acids is 2. The van der Waals surface area contributed by atoms with Crippen LogP contribution in [0.2, 0.25) is 5.02 Å². The van der Waals surface area contributed by atoms with E-state index in [1.165, 1.54) is 24.3 Å². The molecule has 25 heavy (non-hydrogen) atoms. The number of hydrazone groups is 1. The third-order valence-corrected chi connectivity index (χ3v) is 3.92. The van der Waals surface area contributed by atoms with Gasteiger partial charge in [-0.3, -0.25) is 9.59 Å². The fraction of sp³-hybridized carbons (Fsp3) is 0.0588. The van der Waals surface area contributed by atoms with Crippen molar-refractivity contribution in [1.29, 1.82) is 0 Å². The number of Topliss-reactive ketones (excluding diaryl/α,β-unsaturated/α-hetero) is 1. The first-order chi connectivity index (χ1) is 11.9. The SMILES string of the molecule is O=C(O)C(CC(=O)c1ccc(Cl)cc1)=NNC(=O)c1ccc(Br)cc1. The van der Waals surface area contributed by atoms with E-state index in [1.54, 1.807) is 24.3 Å². The van der Waals surface area contributed by atoms with E-state index in [2.05, 4.69) is 26.5 Å². The smallest absolute Gasteiger partial charge is 0.352 e. The van der Waals surface area contributed by atoms with Crippen molar-refractivity contribution in [3.05, 3.63) is 69.2 Å². The summed E-state index contributed by atoms with van der Waals surface area (Å²) < 4.78 is 0.798. The maximum atomic E-state index is 12.1. The molecule has 0 unspecified atom stereocenters. The molecule has 0 radical (unpaired) electrons. The zero-order chi connectivity index (χ0) is 18.4. The average Bonchev–Trinajstić information content (AvgIpc) is 2.59. The number of carboxylic acid groups (broad SMARTS) is 1. The minimum atomic E-state index is -1.39. The number of nitrogens with one attached hydrogen (secondary N) is 1. The van der Waals surface area contributed by atoms with Gasteiger partial charge in [-0.2, -0.15) is 5.10 Å². The second kappa shape index (κ2) is 8.55. The van der Waals surface area contributed by atoms with Crippen LogP contribution in [0.1, 0.15) is 27.1 Å². The lowest BCUT2D eigenvalue weighted by atomic mass is 10.1. The summed E-state index contributed by atoms with van der Waals surface area (Å²) in [7, 11) is 0. The van der Waals surface area contributed by atoms with Crippen molar-refractivity contribution in [1.82, 2.24) is 5.43 Å². The number of amides is 1. The summed E-state index contributed by atoms with van der Waals surface area (Å²) in [5, 5.41) is 13.2. The number of rotatable bonds is 6. The summed E-state index contributed by atoms with van der Waals surface area (Å²) >= 11 is 8.99. The first kappa shape index (κ1) is 18.8. The van der Waals surface area contributed by atoms with Crippen LogP contribution < -0.4 is 5.43 Å². The van der Waals surface area contributed by atoms with Gasteiger partial charge in [-0.15, -0.1) is 0 Å². The van der Waals surface area contributed by atoms with E-state index < -0.39 is 29.8 Å². The molecule has 2 aromatic rings. The fourth-order valence-electron chi connectivity index (χ4n) is 1.84. The number of carboxylic acids is 1. The monoisotopic (exact) mass is 422 g/mol. The third kappa shape index (κ3) is 5.51. The quantitative estimate of drug-likeness (QED) is 0.422.